The van der Waals surface area contributed by atoms with Gasteiger partial charge in [0.25, 0.3) is 0 Å². The minimum Gasteiger partial charge on any atom is -0.355 e. The van der Waals surface area contributed by atoms with Gasteiger partial charge in [-0.15, -0.1) is 0 Å². The van der Waals surface area contributed by atoms with Crippen molar-refractivity contribution in [2.45, 2.75) is 20.3 Å². The molecule has 0 saturated carbocycles. The lowest BCUT2D eigenvalue weighted by atomic mass is 9.82. The molecule has 1 aliphatic rings. The zero-order chi connectivity index (χ0) is 20.7. The zero-order valence-electron chi connectivity index (χ0n) is 17.5. The summed E-state index contributed by atoms with van der Waals surface area (Å²) in [7, 11) is 0. The normalized spacial score (nSPS) is 13.5. The van der Waals surface area contributed by atoms with Gasteiger partial charge in [0.15, 0.2) is 0 Å². The van der Waals surface area contributed by atoms with Crippen LogP contribution in [0.2, 0.25) is 0 Å². The van der Waals surface area contributed by atoms with Gasteiger partial charge in [0.1, 0.15) is 0 Å². The first-order chi connectivity index (χ1) is 14.6. The molecule has 4 aromatic rings. The van der Waals surface area contributed by atoms with Gasteiger partial charge >= 0.3 is 0 Å². The Labute approximate surface area is 178 Å². The first-order valence-corrected chi connectivity index (χ1v) is 10.4. The van der Waals surface area contributed by atoms with Crippen LogP contribution in [-0.4, -0.2) is 0 Å². The van der Waals surface area contributed by atoms with Crippen LogP contribution in [0.3, 0.4) is 0 Å². The molecule has 0 heterocycles. The van der Waals surface area contributed by atoms with Crippen LogP contribution < -0.4 is 5.32 Å². The fourth-order valence-corrected chi connectivity index (χ4v) is 4.32. The summed E-state index contributed by atoms with van der Waals surface area (Å²) < 4.78 is 0. The van der Waals surface area contributed by atoms with Gasteiger partial charge in [-0.2, -0.15) is 0 Å². The topological polar surface area (TPSA) is 12.0 Å². The molecule has 1 nitrogen and oxygen atoms in total. The van der Waals surface area contributed by atoms with E-state index in [1.54, 1.807) is 0 Å². The molecule has 0 unspecified atom stereocenters. The number of aryl methyl sites for hydroxylation is 2. The molecule has 0 atom stereocenters. The van der Waals surface area contributed by atoms with Gasteiger partial charge < -0.3 is 5.32 Å². The van der Waals surface area contributed by atoms with Crippen molar-refractivity contribution in [1.29, 1.82) is 0 Å². The first kappa shape index (κ1) is 18.4. The highest BCUT2D eigenvalue weighted by molar-refractivity contribution is 5.91. The third kappa shape index (κ3) is 3.33. The van der Waals surface area contributed by atoms with E-state index in [1.165, 1.54) is 44.2 Å². The van der Waals surface area contributed by atoms with E-state index in [1.807, 2.05) is 0 Å². The number of fused-ring (bicyclic) bond motifs is 2. The molecule has 4 aromatic carbocycles. The summed E-state index contributed by atoms with van der Waals surface area (Å²) in [6.45, 7) is 8.74. The molecule has 0 amide bonds. The molecule has 0 spiro atoms. The van der Waals surface area contributed by atoms with E-state index in [9.17, 15) is 0 Å². The van der Waals surface area contributed by atoms with Crippen molar-refractivity contribution < 1.29 is 0 Å². The van der Waals surface area contributed by atoms with Gasteiger partial charge in [0, 0.05) is 17.0 Å². The van der Waals surface area contributed by atoms with E-state index < -0.39 is 0 Å². The zero-order valence-corrected chi connectivity index (χ0v) is 17.5. The van der Waals surface area contributed by atoms with Crippen LogP contribution in [0.5, 0.6) is 0 Å². The van der Waals surface area contributed by atoms with Gasteiger partial charge in [-0.25, -0.2) is 0 Å². The maximum Gasteiger partial charge on any atom is 0.0500 e. The molecular weight excluding hydrogens is 362 g/mol. The third-order valence-electron chi connectivity index (χ3n) is 5.90. The second-order valence-corrected chi connectivity index (χ2v) is 8.24. The van der Waals surface area contributed by atoms with Crippen LogP contribution in [0.15, 0.2) is 103 Å². The summed E-state index contributed by atoms with van der Waals surface area (Å²) in [5, 5.41) is 6.20. The minimum atomic E-state index is 0.863. The molecule has 0 fully saturated rings. The monoisotopic (exact) mass is 387 g/mol. The summed E-state index contributed by atoms with van der Waals surface area (Å²) in [5.41, 5.74) is 11.0. The number of allylic oxidation sites excluding steroid dienone is 1. The molecular formula is C29H25N. The van der Waals surface area contributed by atoms with Crippen LogP contribution in [0.4, 0.5) is 5.69 Å². The second kappa shape index (κ2) is 7.35. The van der Waals surface area contributed by atoms with E-state index in [-0.39, 0.29) is 0 Å². The highest BCUT2D eigenvalue weighted by atomic mass is 14.9. The van der Waals surface area contributed by atoms with E-state index >= 15 is 0 Å². The highest BCUT2D eigenvalue weighted by Crippen LogP contribution is 2.39. The average molecular weight is 388 g/mol. The summed E-state index contributed by atoms with van der Waals surface area (Å²) in [4.78, 5) is 0. The predicted octanol–water partition coefficient (Wildman–Crippen LogP) is 7.44. The van der Waals surface area contributed by atoms with Gasteiger partial charge in [0.05, 0.1) is 0 Å². The van der Waals surface area contributed by atoms with Crippen molar-refractivity contribution >= 4 is 22.0 Å². The van der Waals surface area contributed by atoms with Gasteiger partial charge in [-0.1, -0.05) is 90.5 Å². The Morgan fingerprint density at radius 3 is 2.27 bits per heavy atom. The standard InChI is InChI=1S/C29H25N/c1-19-8-11-23(12-9-19)28-27-15-10-20(2)16-25(27)17-21(3)29(28)30-26-14-13-22-6-4-5-7-24(22)18-26/h4-16,18,30H,3,17H2,1-2H3. The highest BCUT2D eigenvalue weighted by Gasteiger charge is 2.23. The molecule has 1 aliphatic carbocycles. The van der Waals surface area contributed by atoms with Crippen molar-refractivity contribution in [2.75, 3.05) is 5.32 Å². The molecule has 1 N–H and O–H groups in total. The fourth-order valence-electron chi connectivity index (χ4n) is 4.32. The van der Waals surface area contributed by atoms with Crippen LogP contribution in [0, 0.1) is 13.8 Å². The summed E-state index contributed by atoms with van der Waals surface area (Å²) in [6.07, 6.45) is 0.863. The smallest absolute Gasteiger partial charge is 0.0500 e. The summed E-state index contributed by atoms with van der Waals surface area (Å²) in [6, 6.07) is 30.6. The van der Waals surface area contributed by atoms with Crippen LogP contribution >= 0.6 is 0 Å². The largest absolute Gasteiger partial charge is 0.355 e. The number of anilines is 1. The molecule has 0 saturated heterocycles. The van der Waals surface area contributed by atoms with Crippen molar-refractivity contribution in [2.24, 2.45) is 0 Å². The number of nitrogens with one attached hydrogen (secondary N) is 1. The van der Waals surface area contributed by atoms with Crippen molar-refractivity contribution in [3.8, 4) is 0 Å². The lowest BCUT2D eigenvalue weighted by Gasteiger charge is -2.27. The predicted molar refractivity (Wildman–Crippen MR) is 129 cm³/mol. The molecule has 0 aromatic heterocycles. The number of hydrogen-bond donors (Lipinski definition) is 1. The molecule has 0 bridgehead atoms. The first-order valence-electron chi connectivity index (χ1n) is 10.4. The number of rotatable bonds is 3. The lowest BCUT2D eigenvalue weighted by molar-refractivity contribution is 1.11. The Morgan fingerprint density at radius 2 is 1.47 bits per heavy atom. The van der Waals surface area contributed by atoms with Gasteiger partial charge in [-0.05, 0) is 65.4 Å². The lowest BCUT2D eigenvalue weighted by Crippen LogP contribution is -2.14. The number of hydrogen-bond acceptors (Lipinski definition) is 1. The van der Waals surface area contributed by atoms with Crippen LogP contribution in [0.25, 0.3) is 16.3 Å². The quantitative estimate of drug-likeness (QED) is 0.385. The minimum absolute atomic E-state index is 0.863. The average Bonchev–Trinajstić information content (AvgIpc) is 2.75. The van der Waals surface area contributed by atoms with Crippen molar-refractivity contribution in [3.63, 3.8) is 0 Å². The van der Waals surface area contributed by atoms with Gasteiger partial charge in [0.2, 0.25) is 0 Å². The van der Waals surface area contributed by atoms with Gasteiger partial charge in [-0.3, -0.25) is 0 Å². The Bertz CT molecular complexity index is 1310. The van der Waals surface area contributed by atoms with Crippen LogP contribution in [0.1, 0.15) is 27.8 Å². The fraction of sp³-hybridized carbons (Fsp3) is 0.103. The molecule has 30 heavy (non-hydrogen) atoms. The third-order valence-corrected chi connectivity index (χ3v) is 5.90. The number of benzene rings is 4. The van der Waals surface area contributed by atoms with E-state index in [0.717, 1.165) is 23.4 Å². The Hall–Kier alpha value is -3.58. The second-order valence-electron chi connectivity index (χ2n) is 8.24. The van der Waals surface area contributed by atoms with E-state index in [4.69, 9.17) is 0 Å². The Balaban J connectivity index is 1.69. The summed E-state index contributed by atoms with van der Waals surface area (Å²) >= 11 is 0. The Morgan fingerprint density at radius 1 is 0.733 bits per heavy atom. The van der Waals surface area contributed by atoms with Crippen molar-refractivity contribution in [1.82, 2.24) is 0 Å². The molecule has 146 valence electrons. The van der Waals surface area contributed by atoms with E-state index in [2.05, 4.69) is 111 Å². The van der Waals surface area contributed by atoms with Crippen LogP contribution in [-0.2, 0) is 6.42 Å². The SMILES string of the molecule is C=C1Cc2cc(C)ccc2C(c2ccc(C)cc2)=C1Nc1ccc2ccccc2c1. The molecule has 5 rings (SSSR count). The Kier molecular flexibility index (Phi) is 4.52. The van der Waals surface area contributed by atoms with E-state index in [0.29, 0.717) is 0 Å². The van der Waals surface area contributed by atoms with Crippen molar-refractivity contribution in [3.05, 3.63) is 131 Å². The maximum atomic E-state index is 4.46. The molecule has 0 radical (unpaired) electrons. The molecule has 1 heteroatoms. The molecule has 0 aliphatic heterocycles. The summed E-state index contributed by atoms with van der Waals surface area (Å²) in [5.74, 6) is 0. The maximum absolute atomic E-state index is 4.46.